The second kappa shape index (κ2) is 3.95. The highest BCUT2D eigenvalue weighted by Crippen LogP contribution is 2.44. The van der Waals surface area contributed by atoms with E-state index in [-0.39, 0.29) is 0 Å². The summed E-state index contributed by atoms with van der Waals surface area (Å²) in [5.74, 6) is 3.13. The molecule has 16 heavy (non-hydrogen) atoms. The summed E-state index contributed by atoms with van der Waals surface area (Å²) in [7, 11) is 0. The van der Waals surface area contributed by atoms with Crippen LogP contribution in [0.15, 0.2) is 16.5 Å². The van der Waals surface area contributed by atoms with Crippen molar-refractivity contribution in [2.75, 3.05) is 0 Å². The van der Waals surface area contributed by atoms with Gasteiger partial charge in [-0.05, 0) is 43.2 Å². The molecular formula is C13H16N2O. The van der Waals surface area contributed by atoms with Gasteiger partial charge in [0.1, 0.15) is 11.8 Å². The van der Waals surface area contributed by atoms with Crippen molar-refractivity contribution in [3.8, 4) is 6.07 Å². The van der Waals surface area contributed by atoms with E-state index in [1.54, 1.807) is 6.07 Å². The van der Waals surface area contributed by atoms with Crippen LogP contribution < -0.4 is 5.32 Å². The molecule has 2 bridgehead atoms. The van der Waals surface area contributed by atoms with Crippen molar-refractivity contribution in [1.29, 1.82) is 5.26 Å². The van der Waals surface area contributed by atoms with Crippen LogP contribution in [0.2, 0.25) is 0 Å². The van der Waals surface area contributed by atoms with Gasteiger partial charge >= 0.3 is 0 Å². The molecule has 1 aromatic heterocycles. The molecule has 84 valence electrons. The number of furan rings is 1. The van der Waals surface area contributed by atoms with Gasteiger partial charge in [-0.15, -0.1) is 0 Å². The molecule has 2 aliphatic carbocycles. The number of nitrogens with one attached hydrogen (secondary N) is 1. The first kappa shape index (κ1) is 9.92. The molecule has 0 amide bonds. The average molecular weight is 216 g/mol. The number of rotatable bonds is 3. The molecule has 2 saturated carbocycles. The Balaban J connectivity index is 1.55. The highest BCUT2D eigenvalue weighted by atomic mass is 16.3. The molecule has 3 heteroatoms. The van der Waals surface area contributed by atoms with Gasteiger partial charge in [0.2, 0.25) is 5.76 Å². The Morgan fingerprint density at radius 3 is 2.94 bits per heavy atom. The Morgan fingerprint density at radius 1 is 1.38 bits per heavy atom. The van der Waals surface area contributed by atoms with E-state index in [2.05, 4.69) is 5.32 Å². The fourth-order valence-corrected chi connectivity index (χ4v) is 3.26. The number of hydrogen-bond acceptors (Lipinski definition) is 3. The smallest absolute Gasteiger partial charge is 0.203 e. The summed E-state index contributed by atoms with van der Waals surface area (Å²) in [5, 5.41) is 12.2. The lowest BCUT2D eigenvalue weighted by atomic mass is 9.95. The Hall–Kier alpha value is -1.27. The lowest BCUT2D eigenvalue weighted by Crippen LogP contribution is -2.33. The quantitative estimate of drug-likeness (QED) is 0.844. The number of fused-ring (bicyclic) bond motifs is 2. The van der Waals surface area contributed by atoms with Crippen LogP contribution >= 0.6 is 0 Å². The van der Waals surface area contributed by atoms with Crippen LogP contribution in [0, 0.1) is 23.2 Å². The van der Waals surface area contributed by atoms with Crippen LogP contribution in [0.4, 0.5) is 0 Å². The number of nitrogens with zero attached hydrogens (tertiary/aromatic N) is 1. The Bertz CT molecular complexity index is 418. The Labute approximate surface area is 95.4 Å². The standard InChI is InChI=1S/C13H16N2O/c14-7-11-3-4-12(16-11)8-15-13-6-9-1-2-10(13)5-9/h3-4,9-10,13,15H,1-2,5-6,8H2. The minimum Gasteiger partial charge on any atom is -0.449 e. The van der Waals surface area contributed by atoms with E-state index in [1.807, 2.05) is 12.1 Å². The van der Waals surface area contributed by atoms with E-state index in [0.717, 1.165) is 24.1 Å². The summed E-state index contributed by atoms with van der Waals surface area (Å²) in [6.07, 6.45) is 5.57. The molecule has 0 saturated heterocycles. The molecule has 1 N–H and O–H groups in total. The summed E-state index contributed by atoms with van der Waals surface area (Å²) < 4.78 is 5.35. The fourth-order valence-electron chi connectivity index (χ4n) is 3.26. The van der Waals surface area contributed by atoms with Gasteiger partial charge < -0.3 is 9.73 Å². The van der Waals surface area contributed by atoms with Crippen LogP contribution in [0.5, 0.6) is 0 Å². The Morgan fingerprint density at radius 2 is 2.31 bits per heavy atom. The van der Waals surface area contributed by atoms with Crippen LogP contribution in [-0.4, -0.2) is 6.04 Å². The largest absolute Gasteiger partial charge is 0.449 e. The van der Waals surface area contributed by atoms with E-state index in [1.165, 1.54) is 25.7 Å². The summed E-state index contributed by atoms with van der Waals surface area (Å²) in [6.45, 7) is 0.759. The molecule has 0 aliphatic heterocycles. The monoisotopic (exact) mass is 216 g/mol. The highest BCUT2D eigenvalue weighted by molar-refractivity contribution is 5.19. The fraction of sp³-hybridized carbons (Fsp3) is 0.615. The second-order valence-electron chi connectivity index (χ2n) is 5.04. The predicted octanol–water partition coefficient (Wildman–Crippen LogP) is 2.43. The van der Waals surface area contributed by atoms with Crippen molar-refractivity contribution in [2.24, 2.45) is 11.8 Å². The summed E-state index contributed by atoms with van der Waals surface area (Å²) in [6, 6.07) is 6.30. The number of hydrogen-bond donors (Lipinski definition) is 1. The van der Waals surface area contributed by atoms with Crippen LogP contribution in [0.25, 0.3) is 0 Å². The summed E-state index contributed by atoms with van der Waals surface area (Å²) >= 11 is 0. The Kier molecular flexibility index (Phi) is 2.45. The van der Waals surface area contributed by atoms with E-state index in [0.29, 0.717) is 11.8 Å². The molecular weight excluding hydrogens is 200 g/mol. The maximum atomic E-state index is 8.65. The minimum absolute atomic E-state index is 0.407. The van der Waals surface area contributed by atoms with Crippen molar-refractivity contribution in [2.45, 2.75) is 38.3 Å². The first-order chi connectivity index (χ1) is 7.85. The third kappa shape index (κ3) is 1.74. The molecule has 3 nitrogen and oxygen atoms in total. The van der Waals surface area contributed by atoms with Crippen molar-refractivity contribution in [1.82, 2.24) is 5.32 Å². The lowest BCUT2D eigenvalue weighted by molar-refractivity contribution is 0.337. The van der Waals surface area contributed by atoms with Crippen molar-refractivity contribution in [3.63, 3.8) is 0 Å². The maximum Gasteiger partial charge on any atom is 0.203 e. The van der Waals surface area contributed by atoms with Crippen LogP contribution in [0.1, 0.15) is 37.2 Å². The molecule has 1 heterocycles. The molecule has 3 unspecified atom stereocenters. The lowest BCUT2D eigenvalue weighted by Gasteiger charge is -2.22. The molecule has 0 aromatic carbocycles. The molecule has 3 rings (SSSR count). The molecule has 3 atom stereocenters. The van der Waals surface area contributed by atoms with Gasteiger partial charge in [0.15, 0.2) is 0 Å². The molecule has 1 aromatic rings. The van der Waals surface area contributed by atoms with Crippen LogP contribution in [-0.2, 0) is 6.54 Å². The number of nitriles is 1. The third-order valence-corrected chi connectivity index (χ3v) is 4.05. The SMILES string of the molecule is N#Cc1ccc(CNC2CC3CCC2C3)o1. The van der Waals surface area contributed by atoms with Gasteiger partial charge in [-0.25, -0.2) is 0 Å². The zero-order valence-corrected chi connectivity index (χ0v) is 9.28. The van der Waals surface area contributed by atoms with Gasteiger partial charge in [-0.3, -0.25) is 0 Å². The minimum atomic E-state index is 0.407. The maximum absolute atomic E-state index is 8.65. The summed E-state index contributed by atoms with van der Waals surface area (Å²) in [4.78, 5) is 0. The summed E-state index contributed by atoms with van der Waals surface area (Å²) in [5.41, 5.74) is 0. The van der Waals surface area contributed by atoms with Crippen molar-refractivity contribution >= 4 is 0 Å². The third-order valence-electron chi connectivity index (χ3n) is 4.05. The van der Waals surface area contributed by atoms with E-state index >= 15 is 0 Å². The van der Waals surface area contributed by atoms with Crippen molar-refractivity contribution in [3.05, 3.63) is 23.7 Å². The second-order valence-corrected chi connectivity index (χ2v) is 5.04. The van der Waals surface area contributed by atoms with Gasteiger partial charge in [-0.2, -0.15) is 5.26 Å². The molecule has 2 fully saturated rings. The zero-order valence-electron chi connectivity index (χ0n) is 9.28. The first-order valence-electron chi connectivity index (χ1n) is 6.07. The highest BCUT2D eigenvalue weighted by Gasteiger charge is 2.39. The van der Waals surface area contributed by atoms with E-state index < -0.39 is 0 Å². The van der Waals surface area contributed by atoms with Gasteiger partial charge in [0.25, 0.3) is 0 Å². The average Bonchev–Trinajstić information content (AvgIpc) is 3.02. The predicted molar refractivity (Wildman–Crippen MR) is 59.5 cm³/mol. The topological polar surface area (TPSA) is 49.0 Å². The zero-order chi connectivity index (χ0) is 11.0. The van der Waals surface area contributed by atoms with Crippen LogP contribution in [0.3, 0.4) is 0 Å². The van der Waals surface area contributed by atoms with Gasteiger partial charge in [0, 0.05) is 6.04 Å². The van der Waals surface area contributed by atoms with Gasteiger partial charge in [0.05, 0.1) is 6.54 Å². The van der Waals surface area contributed by atoms with Gasteiger partial charge in [-0.1, -0.05) is 6.42 Å². The van der Waals surface area contributed by atoms with Crippen molar-refractivity contribution < 1.29 is 4.42 Å². The van der Waals surface area contributed by atoms with E-state index in [9.17, 15) is 0 Å². The molecule has 0 spiro atoms. The molecule has 0 radical (unpaired) electrons. The molecule has 2 aliphatic rings. The first-order valence-corrected chi connectivity index (χ1v) is 6.07. The normalized spacial score (nSPS) is 31.8. The van der Waals surface area contributed by atoms with E-state index in [4.69, 9.17) is 9.68 Å².